The van der Waals surface area contributed by atoms with Crippen LogP contribution < -0.4 is 5.73 Å². The Balaban J connectivity index is 3.07. The summed E-state index contributed by atoms with van der Waals surface area (Å²) in [5, 5.41) is 0.477. The normalized spacial score (nSPS) is 12.2. The summed E-state index contributed by atoms with van der Waals surface area (Å²) in [7, 11) is 3.52. The Labute approximate surface area is 107 Å². The van der Waals surface area contributed by atoms with Crippen LogP contribution in [0.2, 0.25) is 0 Å². The van der Waals surface area contributed by atoms with Crippen LogP contribution in [0, 0.1) is 0 Å². The van der Waals surface area contributed by atoms with Crippen LogP contribution in [0.5, 0.6) is 0 Å². The summed E-state index contributed by atoms with van der Waals surface area (Å²) in [5.74, 6) is 0.0239. The van der Waals surface area contributed by atoms with Crippen LogP contribution in [0.1, 0.15) is 30.6 Å². The molecule has 4 heteroatoms. The van der Waals surface area contributed by atoms with Gasteiger partial charge < -0.3 is 10.6 Å². The zero-order chi connectivity index (χ0) is 13.0. The molecule has 0 aliphatic heterocycles. The van der Waals surface area contributed by atoms with Gasteiger partial charge in [0.2, 0.25) is 0 Å². The third-order valence-electron chi connectivity index (χ3n) is 2.55. The van der Waals surface area contributed by atoms with E-state index in [4.69, 9.17) is 5.73 Å². The van der Waals surface area contributed by atoms with Gasteiger partial charge in [0.25, 0.3) is 5.91 Å². The van der Waals surface area contributed by atoms with Crippen molar-refractivity contribution in [1.82, 2.24) is 4.90 Å². The highest BCUT2D eigenvalue weighted by Gasteiger charge is 2.15. The van der Waals surface area contributed by atoms with Crippen LogP contribution in [-0.4, -0.2) is 30.2 Å². The van der Waals surface area contributed by atoms with Crippen LogP contribution in [0.15, 0.2) is 23.1 Å². The van der Waals surface area contributed by atoms with E-state index >= 15 is 0 Å². The minimum Gasteiger partial charge on any atom is -0.399 e. The maximum absolute atomic E-state index is 12.0. The van der Waals surface area contributed by atoms with Gasteiger partial charge in [-0.1, -0.05) is 13.8 Å². The number of rotatable bonds is 4. The van der Waals surface area contributed by atoms with Crippen molar-refractivity contribution in [3.63, 3.8) is 0 Å². The van der Waals surface area contributed by atoms with E-state index in [1.165, 1.54) is 0 Å². The number of nitrogen functional groups attached to an aromatic ring is 1. The lowest BCUT2D eigenvalue weighted by molar-refractivity contribution is 0.0824. The molecule has 0 fully saturated rings. The first-order valence-corrected chi connectivity index (χ1v) is 6.61. The van der Waals surface area contributed by atoms with Gasteiger partial charge in [0, 0.05) is 29.9 Å². The minimum absolute atomic E-state index is 0.0239. The van der Waals surface area contributed by atoms with E-state index < -0.39 is 0 Å². The second kappa shape index (κ2) is 5.96. The van der Waals surface area contributed by atoms with Crippen LogP contribution in [-0.2, 0) is 0 Å². The third-order valence-corrected chi connectivity index (χ3v) is 3.87. The lowest BCUT2D eigenvalue weighted by Gasteiger charge is -2.16. The van der Waals surface area contributed by atoms with E-state index in [0.717, 1.165) is 16.9 Å². The molecule has 17 heavy (non-hydrogen) atoms. The molecule has 0 aliphatic carbocycles. The molecule has 1 amide bonds. The lowest BCUT2D eigenvalue weighted by atomic mass is 10.2. The highest BCUT2D eigenvalue weighted by molar-refractivity contribution is 8.00. The van der Waals surface area contributed by atoms with Gasteiger partial charge in [0.1, 0.15) is 0 Å². The number of nitrogens with two attached hydrogens (primary N) is 1. The van der Waals surface area contributed by atoms with Gasteiger partial charge in [0.15, 0.2) is 0 Å². The first kappa shape index (κ1) is 13.9. The van der Waals surface area contributed by atoms with Crippen LogP contribution in [0.3, 0.4) is 0 Å². The predicted molar refractivity (Wildman–Crippen MR) is 74.5 cm³/mol. The number of amides is 1. The predicted octanol–water partition coefficient (Wildman–Crippen LogP) is 2.86. The summed E-state index contributed by atoms with van der Waals surface area (Å²) < 4.78 is 0. The van der Waals surface area contributed by atoms with Crippen molar-refractivity contribution in [3.05, 3.63) is 23.8 Å². The third kappa shape index (κ3) is 3.66. The van der Waals surface area contributed by atoms with Crippen LogP contribution >= 0.6 is 11.8 Å². The SMILES string of the molecule is CCC(C)Sc1cc(N)ccc1C(=O)N(C)C. The molecule has 0 radical (unpaired) electrons. The molecular formula is C13H20N2OS. The maximum Gasteiger partial charge on any atom is 0.254 e. The van der Waals surface area contributed by atoms with Crippen molar-refractivity contribution in [1.29, 1.82) is 0 Å². The first-order valence-electron chi connectivity index (χ1n) is 5.73. The standard InChI is InChI=1S/C13H20N2OS/c1-5-9(2)17-12-8-10(14)6-7-11(12)13(16)15(3)4/h6-9H,5,14H2,1-4H3. The average Bonchev–Trinajstić information content (AvgIpc) is 2.28. The molecule has 94 valence electrons. The monoisotopic (exact) mass is 252 g/mol. The molecule has 3 nitrogen and oxygen atoms in total. The van der Waals surface area contributed by atoms with Gasteiger partial charge in [-0.25, -0.2) is 0 Å². The highest BCUT2D eigenvalue weighted by atomic mass is 32.2. The molecule has 0 spiro atoms. The maximum atomic E-state index is 12.0. The van der Waals surface area contributed by atoms with Crippen molar-refractivity contribution < 1.29 is 4.79 Å². The fourth-order valence-electron chi connectivity index (χ4n) is 1.35. The minimum atomic E-state index is 0.0239. The fraction of sp³-hybridized carbons (Fsp3) is 0.462. The zero-order valence-corrected chi connectivity index (χ0v) is 11.7. The van der Waals surface area contributed by atoms with Crippen LogP contribution in [0.4, 0.5) is 5.69 Å². The summed E-state index contributed by atoms with van der Waals surface area (Å²) in [6, 6.07) is 5.47. The lowest BCUT2D eigenvalue weighted by Crippen LogP contribution is -2.22. The fourth-order valence-corrected chi connectivity index (χ4v) is 2.44. The molecule has 0 heterocycles. The molecule has 1 unspecified atom stereocenters. The number of hydrogen-bond acceptors (Lipinski definition) is 3. The quantitative estimate of drug-likeness (QED) is 0.662. The molecular weight excluding hydrogens is 232 g/mol. The van der Waals surface area contributed by atoms with Gasteiger partial charge in [-0.15, -0.1) is 11.8 Å². The topological polar surface area (TPSA) is 46.3 Å². The summed E-state index contributed by atoms with van der Waals surface area (Å²) in [5.41, 5.74) is 7.21. The van der Waals surface area contributed by atoms with Crippen molar-refractivity contribution >= 4 is 23.4 Å². The van der Waals surface area contributed by atoms with Gasteiger partial charge in [-0.3, -0.25) is 4.79 Å². The summed E-state index contributed by atoms with van der Waals surface area (Å²) in [6.07, 6.45) is 1.06. The largest absolute Gasteiger partial charge is 0.399 e. The van der Waals surface area contributed by atoms with E-state index in [0.29, 0.717) is 10.9 Å². The number of carbonyl (C=O) groups excluding carboxylic acids is 1. The smallest absolute Gasteiger partial charge is 0.254 e. The molecule has 0 saturated heterocycles. The Morgan fingerprint density at radius 3 is 2.65 bits per heavy atom. The average molecular weight is 252 g/mol. The summed E-state index contributed by atoms with van der Waals surface area (Å²) in [4.78, 5) is 14.6. The van der Waals surface area contributed by atoms with Crippen molar-refractivity contribution in [3.8, 4) is 0 Å². The zero-order valence-electron chi connectivity index (χ0n) is 10.9. The van der Waals surface area contributed by atoms with Gasteiger partial charge in [0.05, 0.1) is 5.56 Å². The van der Waals surface area contributed by atoms with Gasteiger partial charge in [-0.2, -0.15) is 0 Å². The number of carbonyl (C=O) groups is 1. The van der Waals surface area contributed by atoms with E-state index in [1.54, 1.807) is 36.8 Å². The summed E-state index contributed by atoms with van der Waals surface area (Å²) in [6.45, 7) is 4.29. The molecule has 0 saturated carbocycles. The van der Waals surface area contributed by atoms with Crippen molar-refractivity contribution in [2.75, 3.05) is 19.8 Å². The highest BCUT2D eigenvalue weighted by Crippen LogP contribution is 2.30. The molecule has 1 aromatic carbocycles. The molecule has 1 atom stereocenters. The van der Waals surface area contributed by atoms with Crippen molar-refractivity contribution in [2.45, 2.75) is 30.4 Å². The molecule has 0 aromatic heterocycles. The molecule has 0 aliphatic rings. The van der Waals surface area contributed by atoms with E-state index in [9.17, 15) is 4.79 Å². The Kier molecular flexibility index (Phi) is 4.87. The molecule has 0 bridgehead atoms. The Bertz CT molecular complexity index is 404. The van der Waals surface area contributed by atoms with Crippen molar-refractivity contribution in [2.24, 2.45) is 0 Å². The van der Waals surface area contributed by atoms with E-state index in [1.807, 2.05) is 12.1 Å². The van der Waals surface area contributed by atoms with Gasteiger partial charge in [-0.05, 0) is 24.6 Å². The first-order chi connectivity index (χ1) is 7.95. The Morgan fingerprint density at radius 1 is 1.47 bits per heavy atom. The molecule has 2 N–H and O–H groups in total. The molecule has 1 aromatic rings. The van der Waals surface area contributed by atoms with E-state index in [2.05, 4.69) is 13.8 Å². The van der Waals surface area contributed by atoms with Crippen LogP contribution in [0.25, 0.3) is 0 Å². The number of thioether (sulfide) groups is 1. The second-order valence-electron chi connectivity index (χ2n) is 4.29. The second-order valence-corrected chi connectivity index (χ2v) is 5.77. The van der Waals surface area contributed by atoms with E-state index in [-0.39, 0.29) is 5.91 Å². The number of nitrogens with zero attached hydrogens (tertiary/aromatic N) is 1. The Hall–Kier alpha value is -1.16. The number of hydrogen-bond donors (Lipinski definition) is 1. The molecule has 1 rings (SSSR count). The Morgan fingerprint density at radius 2 is 2.12 bits per heavy atom. The number of anilines is 1. The van der Waals surface area contributed by atoms with Gasteiger partial charge >= 0.3 is 0 Å². The summed E-state index contributed by atoms with van der Waals surface area (Å²) >= 11 is 1.70. The number of benzene rings is 1.